The zero-order valence-corrected chi connectivity index (χ0v) is 13.0. The molecule has 1 rings (SSSR count). The molecule has 0 aromatic rings. The number of piperidine rings is 1. The van der Waals surface area contributed by atoms with Crippen molar-refractivity contribution in [1.29, 1.82) is 0 Å². The molecule has 0 aromatic heterocycles. The van der Waals surface area contributed by atoms with Gasteiger partial charge in [-0.15, -0.1) is 0 Å². The van der Waals surface area contributed by atoms with Gasteiger partial charge in [0.25, 0.3) is 5.24 Å². The number of ether oxygens (including phenoxy) is 2. The standard InChI is InChI=1S/C14H27NO3S/c1-12(2)4-3-9-17-10-11-18-13-5-7-15(8-6-13)14(16)19/h12-13H,3-11H2,1-2H3,(H,16,19). The zero-order chi connectivity index (χ0) is 14.1. The van der Waals surface area contributed by atoms with Crippen molar-refractivity contribution >= 4 is 17.9 Å². The lowest BCUT2D eigenvalue weighted by Gasteiger charge is -2.30. The Hall–Kier alpha value is -0.260. The lowest BCUT2D eigenvalue weighted by atomic mass is 10.1. The minimum absolute atomic E-state index is 0.132. The summed E-state index contributed by atoms with van der Waals surface area (Å²) in [5, 5.41) is -0.132. The topological polar surface area (TPSA) is 38.8 Å². The van der Waals surface area contributed by atoms with Crippen molar-refractivity contribution in [2.24, 2.45) is 5.92 Å². The van der Waals surface area contributed by atoms with E-state index in [1.54, 1.807) is 4.90 Å². The molecule has 0 spiro atoms. The summed E-state index contributed by atoms with van der Waals surface area (Å²) < 4.78 is 11.3. The zero-order valence-electron chi connectivity index (χ0n) is 12.1. The highest BCUT2D eigenvalue weighted by Crippen LogP contribution is 2.14. The lowest BCUT2D eigenvalue weighted by Crippen LogP contribution is -2.38. The third-order valence-electron chi connectivity index (χ3n) is 3.36. The predicted molar refractivity (Wildman–Crippen MR) is 79.8 cm³/mol. The van der Waals surface area contributed by atoms with E-state index in [1.807, 2.05) is 0 Å². The molecule has 1 aliphatic heterocycles. The summed E-state index contributed by atoms with van der Waals surface area (Å²) in [5.41, 5.74) is 0. The van der Waals surface area contributed by atoms with Crippen LogP contribution in [0.1, 0.15) is 39.5 Å². The van der Waals surface area contributed by atoms with E-state index >= 15 is 0 Å². The summed E-state index contributed by atoms with van der Waals surface area (Å²) in [6.45, 7) is 8.11. The molecule has 0 aromatic carbocycles. The number of hydrogen-bond acceptors (Lipinski definition) is 3. The van der Waals surface area contributed by atoms with Crippen LogP contribution in [0.15, 0.2) is 0 Å². The SMILES string of the molecule is CC(C)CCCOCCOC1CCN(C(=O)S)CC1. The van der Waals surface area contributed by atoms with Gasteiger partial charge in [-0.25, -0.2) is 0 Å². The first-order valence-corrected chi connectivity index (χ1v) is 7.71. The molecular formula is C14H27NO3S. The highest BCUT2D eigenvalue weighted by Gasteiger charge is 2.21. The molecule has 1 heterocycles. The molecule has 19 heavy (non-hydrogen) atoms. The minimum atomic E-state index is -0.132. The maximum Gasteiger partial charge on any atom is 0.278 e. The summed E-state index contributed by atoms with van der Waals surface area (Å²) in [7, 11) is 0. The molecule has 0 saturated carbocycles. The Balaban J connectivity index is 1.92. The fourth-order valence-electron chi connectivity index (χ4n) is 2.18. The molecule has 0 radical (unpaired) electrons. The molecule has 0 aliphatic carbocycles. The van der Waals surface area contributed by atoms with Crippen molar-refractivity contribution in [2.75, 3.05) is 32.9 Å². The maximum absolute atomic E-state index is 11.0. The fourth-order valence-corrected chi connectivity index (χ4v) is 2.38. The van der Waals surface area contributed by atoms with Gasteiger partial charge in [-0.3, -0.25) is 4.79 Å². The van der Waals surface area contributed by atoms with Crippen LogP contribution in [-0.2, 0) is 9.47 Å². The molecule has 0 atom stereocenters. The molecule has 0 unspecified atom stereocenters. The number of hydrogen-bond donors (Lipinski definition) is 1. The number of rotatable bonds is 8. The Kier molecular flexibility index (Phi) is 8.50. The second-order valence-electron chi connectivity index (χ2n) is 5.49. The molecule has 1 amide bonds. The van der Waals surface area contributed by atoms with Gasteiger partial charge in [-0.1, -0.05) is 26.5 Å². The van der Waals surface area contributed by atoms with E-state index in [2.05, 4.69) is 26.5 Å². The third-order valence-corrected chi connectivity index (χ3v) is 3.65. The van der Waals surface area contributed by atoms with Crippen molar-refractivity contribution in [1.82, 2.24) is 4.90 Å². The lowest BCUT2D eigenvalue weighted by molar-refractivity contribution is -0.0172. The van der Waals surface area contributed by atoms with Gasteiger partial charge in [0.15, 0.2) is 0 Å². The third kappa shape index (κ3) is 7.80. The van der Waals surface area contributed by atoms with Gasteiger partial charge in [-0.05, 0) is 31.6 Å². The summed E-state index contributed by atoms with van der Waals surface area (Å²) in [5.74, 6) is 0.750. The second-order valence-corrected chi connectivity index (χ2v) is 5.87. The minimum Gasteiger partial charge on any atom is -0.379 e. The normalized spacial score (nSPS) is 17.2. The first kappa shape index (κ1) is 16.8. The van der Waals surface area contributed by atoms with Crippen molar-refractivity contribution in [3.63, 3.8) is 0 Å². The Labute approximate surface area is 122 Å². The van der Waals surface area contributed by atoms with E-state index < -0.39 is 0 Å². The molecular weight excluding hydrogens is 262 g/mol. The molecule has 112 valence electrons. The van der Waals surface area contributed by atoms with Crippen LogP contribution in [0, 0.1) is 5.92 Å². The van der Waals surface area contributed by atoms with Crippen molar-refractivity contribution in [2.45, 2.75) is 45.6 Å². The maximum atomic E-state index is 11.0. The van der Waals surface area contributed by atoms with Crippen LogP contribution >= 0.6 is 12.6 Å². The van der Waals surface area contributed by atoms with Crippen LogP contribution in [0.25, 0.3) is 0 Å². The van der Waals surface area contributed by atoms with Gasteiger partial charge in [0.1, 0.15) is 0 Å². The molecule has 1 fully saturated rings. The van der Waals surface area contributed by atoms with Crippen molar-refractivity contribution in [3.8, 4) is 0 Å². The summed E-state index contributed by atoms with van der Waals surface area (Å²) in [6, 6.07) is 0. The number of nitrogens with zero attached hydrogens (tertiary/aromatic N) is 1. The number of thiol groups is 1. The molecule has 1 aliphatic rings. The molecule has 5 heteroatoms. The van der Waals surface area contributed by atoms with Crippen LogP contribution in [0.5, 0.6) is 0 Å². The van der Waals surface area contributed by atoms with Gasteiger partial charge >= 0.3 is 0 Å². The van der Waals surface area contributed by atoms with E-state index in [-0.39, 0.29) is 11.3 Å². The highest BCUT2D eigenvalue weighted by atomic mass is 32.1. The van der Waals surface area contributed by atoms with Gasteiger partial charge in [0, 0.05) is 19.7 Å². The first-order chi connectivity index (χ1) is 9.09. The Morgan fingerprint density at radius 3 is 2.53 bits per heavy atom. The van der Waals surface area contributed by atoms with Crippen LogP contribution in [0.3, 0.4) is 0 Å². The Morgan fingerprint density at radius 2 is 1.95 bits per heavy atom. The molecule has 0 N–H and O–H groups in total. The average Bonchev–Trinajstić information content (AvgIpc) is 2.38. The van der Waals surface area contributed by atoms with Gasteiger partial charge in [0.2, 0.25) is 0 Å². The number of likely N-dealkylation sites (tertiary alicyclic amines) is 1. The van der Waals surface area contributed by atoms with Crippen LogP contribution < -0.4 is 0 Å². The van der Waals surface area contributed by atoms with Crippen LogP contribution in [-0.4, -0.2) is 49.2 Å². The number of amides is 1. The van der Waals surface area contributed by atoms with Gasteiger partial charge in [-0.2, -0.15) is 0 Å². The van der Waals surface area contributed by atoms with E-state index in [1.165, 1.54) is 6.42 Å². The van der Waals surface area contributed by atoms with Crippen molar-refractivity contribution < 1.29 is 14.3 Å². The quantitative estimate of drug-likeness (QED) is 0.551. The molecule has 0 bridgehead atoms. The Morgan fingerprint density at radius 1 is 1.26 bits per heavy atom. The number of carbonyl (C=O) groups is 1. The number of carbonyl (C=O) groups excluding carboxylic acids is 1. The van der Waals surface area contributed by atoms with Gasteiger partial charge in [0.05, 0.1) is 19.3 Å². The van der Waals surface area contributed by atoms with E-state index in [9.17, 15) is 4.79 Å². The van der Waals surface area contributed by atoms with E-state index in [0.29, 0.717) is 13.2 Å². The largest absolute Gasteiger partial charge is 0.379 e. The van der Waals surface area contributed by atoms with Crippen LogP contribution in [0.2, 0.25) is 0 Å². The highest BCUT2D eigenvalue weighted by molar-refractivity contribution is 7.96. The van der Waals surface area contributed by atoms with E-state index in [4.69, 9.17) is 9.47 Å². The van der Waals surface area contributed by atoms with Gasteiger partial charge < -0.3 is 14.4 Å². The van der Waals surface area contributed by atoms with E-state index in [0.717, 1.165) is 44.9 Å². The summed E-state index contributed by atoms with van der Waals surface area (Å²) in [6.07, 6.45) is 4.42. The average molecular weight is 289 g/mol. The Bertz CT molecular complexity index is 253. The molecule has 1 saturated heterocycles. The summed E-state index contributed by atoms with van der Waals surface area (Å²) in [4.78, 5) is 12.8. The fraction of sp³-hybridized carbons (Fsp3) is 0.929. The van der Waals surface area contributed by atoms with Crippen molar-refractivity contribution in [3.05, 3.63) is 0 Å². The smallest absolute Gasteiger partial charge is 0.278 e. The monoisotopic (exact) mass is 289 g/mol. The van der Waals surface area contributed by atoms with Crippen LogP contribution in [0.4, 0.5) is 4.79 Å². The second kappa shape index (κ2) is 9.61. The molecule has 4 nitrogen and oxygen atoms in total. The predicted octanol–water partition coefficient (Wildman–Crippen LogP) is 2.97. The summed E-state index contributed by atoms with van der Waals surface area (Å²) >= 11 is 3.83. The first-order valence-electron chi connectivity index (χ1n) is 7.26.